The van der Waals surface area contributed by atoms with Crippen molar-refractivity contribution in [2.75, 3.05) is 43.9 Å². The number of hydrogen-bond donors (Lipinski definition) is 3. The quantitative estimate of drug-likeness (QED) is 0.278. The Balaban J connectivity index is 1.34. The van der Waals surface area contributed by atoms with E-state index in [1.54, 1.807) is 18.2 Å². The smallest absolute Gasteiger partial charge is 0.416 e. The number of likely N-dealkylation sites (N-methyl/N-ethyl adjacent to an activating group) is 1. The molecule has 218 valence electrons. The number of rotatable bonds is 7. The molecular weight excluding hydrogens is 555 g/mol. The third kappa shape index (κ3) is 6.90. The number of fused-ring (bicyclic) bond motifs is 1. The number of carboxylic acid groups (broad SMARTS) is 1. The lowest BCUT2D eigenvalue weighted by Gasteiger charge is -2.33. The average molecular weight is 582 g/mol. The Morgan fingerprint density at radius 2 is 1.79 bits per heavy atom. The molecule has 2 amide bonds. The predicted molar refractivity (Wildman–Crippen MR) is 148 cm³/mol. The SMILES string of the molecule is CN1CCN(Cc2ccc(NC(=O)c3cncc4cc(Oc5cc(NC(=O)O)ncn5)ccc34)cc2C(F)(F)F)CC1. The van der Waals surface area contributed by atoms with Gasteiger partial charge < -0.3 is 20.1 Å². The zero-order valence-electron chi connectivity index (χ0n) is 22.4. The van der Waals surface area contributed by atoms with E-state index >= 15 is 0 Å². The zero-order valence-corrected chi connectivity index (χ0v) is 22.4. The highest BCUT2D eigenvalue weighted by Gasteiger charge is 2.34. The van der Waals surface area contributed by atoms with Crippen molar-refractivity contribution >= 4 is 34.3 Å². The number of piperazine rings is 1. The van der Waals surface area contributed by atoms with E-state index in [0.29, 0.717) is 29.6 Å². The van der Waals surface area contributed by atoms with Gasteiger partial charge in [-0.25, -0.2) is 14.8 Å². The molecule has 1 aliphatic heterocycles. The van der Waals surface area contributed by atoms with E-state index in [4.69, 9.17) is 9.84 Å². The number of pyridine rings is 1. The molecule has 0 aliphatic carbocycles. The van der Waals surface area contributed by atoms with Crippen molar-refractivity contribution in [2.45, 2.75) is 12.7 Å². The Bertz CT molecular complexity index is 1630. The highest BCUT2D eigenvalue weighted by Crippen LogP contribution is 2.35. The fourth-order valence-corrected chi connectivity index (χ4v) is 4.59. The Labute approximate surface area is 238 Å². The highest BCUT2D eigenvalue weighted by atomic mass is 19.4. The van der Waals surface area contributed by atoms with E-state index in [0.717, 1.165) is 25.5 Å². The fourth-order valence-electron chi connectivity index (χ4n) is 4.59. The lowest BCUT2D eigenvalue weighted by Crippen LogP contribution is -2.44. The van der Waals surface area contributed by atoms with Crippen LogP contribution in [0.2, 0.25) is 0 Å². The van der Waals surface area contributed by atoms with Gasteiger partial charge in [0.05, 0.1) is 11.1 Å². The number of alkyl halides is 3. The molecule has 0 unspecified atom stereocenters. The molecule has 42 heavy (non-hydrogen) atoms. The first-order valence-corrected chi connectivity index (χ1v) is 12.8. The number of carbonyl (C=O) groups excluding carboxylic acids is 1. The van der Waals surface area contributed by atoms with Crippen LogP contribution in [-0.2, 0) is 12.7 Å². The first-order chi connectivity index (χ1) is 20.0. The molecule has 0 bridgehead atoms. The molecule has 0 radical (unpaired) electrons. The zero-order chi connectivity index (χ0) is 29.9. The number of nitrogens with one attached hydrogen (secondary N) is 2. The van der Waals surface area contributed by atoms with Gasteiger partial charge in [-0.2, -0.15) is 13.2 Å². The van der Waals surface area contributed by atoms with E-state index in [1.165, 1.54) is 30.6 Å². The maximum Gasteiger partial charge on any atom is 0.416 e. The summed E-state index contributed by atoms with van der Waals surface area (Å²) in [5.41, 5.74) is -0.465. The van der Waals surface area contributed by atoms with Gasteiger partial charge in [0.1, 0.15) is 17.9 Å². The molecule has 1 aliphatic rings. The third-order valence-electron chi connectivity index (χ3n) is 6.74. The Kier molecular flexibility index (Phi) is 8.17. The summed E-state index contributed by atoms with van der Waals surface area (Å²) in [7, 11) is 1.98. The molecule has 0 saturated carbocycles. The molecule has 2 aromatic heterocycles. The molecule has 0 atom stereocenters. The summed E-state index contributed by atoms with van der Waals surface area (Å²) in [5.74, 6) is -0.198. The van der Waals surface area contributed by atoms with Crippen LogP contribution in [0.5, 0.6) is 11.6 Å². The van der Waals surface area contributed by atoms with Crippen LogP contribution in [0.15, 0.2) is 61.2 Å². The van der Waals surface area contributed by atoms with Gasteiger partial charge in [-0.05, 0) is 48.3 Å². The number of anilines is 2. The summed E-state index contributed by atoms with van der Waals surface area (Å²) in [6.07, 6.45) is -1.91. The van der Waals surface area contributed by atoms with Crippen LogP contribution >= 0.6 is 0 Å². The van der Waals surface area contributed by atoms with E-state index in [9.17, 15) is 22.8 Å². The number of ether oxygens (including phenoxy) is 1. The van der Waals surface area contributed by atoms with Crippen LogP contribution in [0.4, 0.5) is 29.5 Å². The van der Waals surface area contributed by atoms with Crippen molar-refractivity contribution in [3.63, 3.8) is 0 Å². The molecule has 5 rings (SSSR count). The Morgan fingerprint density at radius 3 is 2.52 bits per heavy atom. The van der Waals surface area contributed by atoms with Crippen LogP contribution in [0, 0.1) is 0 Å². The van der Waals surface area contributed by atoms with Gasteiger partial charge in [0, 0.05) is 62.3 Å². The normalized spacial score (nSPS) is 14.5. The number of hydrogen-bond acceptors (Lipinski definition) is 8. The maximum atomic E-state index is 14.0. The van der Waals surface area contributed by atoms with Crippen molar-refractivity contribution in [1.29, 1.82) is 0 Å². The van der Waals surface area contributed by atoms with Crippen LogP contribution < -0.4 is 15.4 Å². The van der Waals surface area contributed by atoms with E-state index in [1.807, 2.05) is 11.9 Å². The second kappa shape index (κ2) is 12.0. The van der Waals surface area contributed by atoms with Crippen molar-refractivity contribution < 1.29 is 32.6 Å². The van der Waals surface area contributed by atoms with E-state index in [-0.39, 0.29) is 35.1 Å². The summed E-state index contributed by atoms with van der Waals surface area (Å²) in [4.78, 5) is 40.0. The lowest BCUT2D eigenvalue weighted by atomic mass is 10.0. The summed E-state index contributed by atoms with van der Waals surface area (Å²) in [5, 5.41) is 14.5. The van der Waals surface area contributed by atoms with Gasteiger partial charge >= 0.3 is 12.3 Å². The topological polar surface area (TPSA) is 133 Å². The predicted octanol–water partition coefficient (Wildman–Crippen LogP) is 4.93. The van der Waals surface area contributed by atoms with Crippen LogP contribution in [0.25, 0.3) is 10.8 Å². The maximum absolute atomic E-state index is 14.0. The number of carbonyl (C=O) groups is 2. The monoisotopic (exact) mass is 581 g/mol. The summed E-state index contributed by atoms with van der Waals surface area (Å²) < 4.78 is 47.7. The second-order valence-electron chi connectivity index (χ2n) is 9.75. The number of benzene rings is 2. The van der Waals surface area contributed by atoms with E-state index in [2.05, 4.69) is 30.5 Å². The summed E-state index contributed by atoms with van der Waals surface area (Å²) in [6.45, 7) is 3.09. The minimum absolute atomic E-state index is 0.0148. The van der Waals surface area contributed by atoms with Crippen molar-refractivity contribution in [2.24, 2.45) is 0 Å². The molecule has 14 heteroatoms. The summed E-state index contributed by atoms with van der Waals surface area (Å²) in [6, 6.07) is 9.92. The number of amides is 2. The van der Waals surface area contributed by atoms with Crippen LogP contribution in [0.1, 0.15) is 21.5 Å². The van der Waals surface area contributed by atoms with Crippen molar-refractivity contribution in [3.8, 4) is 11.6 Å². The molecule has 1 fully saturated rings. The van der Waals surface area contributed by atoms with Gasteiger partial charge in [-0.1, -0.05) is 6.07 Å². The largest absolute Gasteiger partial charge is 0.465 e. The van der Waals surface area contributed by atoms with Gasteiger partial charge in [0.15, 0.2) is 0 Å². The Hall–Kier alpha value is -4.82. The van der Waals surface area contributed by atoms with Gasteiger partial charge in [-0.15, -0.1) is 0 Å². The molecule has 1 saturated heterocycles. The van der Waals surface area contributed by atoms with Gasteiger partial charge in [0.25, 0.3) is 5.91 Å². The van der Waals surface area contributed by atoms with Crippen LogP contribution in [0.3, 0.4) is 0 Å². The standard InChI is InChI=1S/C28H26F3N7O4/c1-37-6-8-38(9-7-37)15-17-2-3-19(11-23(17)28(29,30)31)35-26(39)22-14-32-13-18-10-20(4-5-21(18)22)42-25-12-24(33-16-34-25)36-27(40)41/h2-5,10-14,16H,6-9,15H2,1H3,(H,35,39)(H,40,41)(H,33,34,36). The second-order valence-corrected chi connectivity index (χ2v) is 9.75. The number of nitrogens with zero attached hydrogens (tertiary/aromatic N) is 5. The van der Waals surface area contributed by atoms with E-state index < -0.39 is 23.7 Å². The molecule has 2 aromatic carbocycles. The summed E-state index contributed by atoms with van der Waals surface area (Å²) >= 11 is 0. The van der Waals surface area contributed by atoms with Crippen molar-refractivity contribution in [3.05, 3.63) is 77.9 Å². The molecule has 11 nitrogen and oxygen atoms in total. The molecule has 0 spiro atoms. The van der Waals surface area contributed by atoms with Crippen LogP contribution in [-0.4, -0.2) is 75.1 Å². The number of aromatic nitrogens is 3. The highest BCUT2D eigenvalue weighted by molar-refractivity contribution is 6.12. The average Bonchev–Trinajstić information content (AvgIpc) is 2.94. The van der Waals surface area contributed by atoms with Gasteiger partial charge in [-0.3, -0.25) is 20.0 Å². The lowest BCUT2D eigenvalue weighted by molar-refractivity contribution is -0.138. The molecule has 4 aromatic rings. The number of halogens is 3. The molecule has 3 N–H and O–H groups in total. The molecule has 3 heterocycles. The van der Waals surface area contributed by atoms with Crippen molar-refractivity contribution in [1.82, 2.24) is 24.8 Å². The first-order valence-electron chi connectivity index (χ1n) is 12.8. The molecular formula is C28H26F3N7O4. The Morgan fingerprint density at radius 1 is 1.00 bits per heavy atom. The minimum atomic E-state index is -4.59. The third-order valence-corrected chi connectivity index (χ3v) is 6.74. The fraction of sp³-hybridized carbons (Fsp3) is 0.250. The van der Waals surface area contributed by atoms with Gasteiger partial charge in [0.2, 0.25) is 5.88 Å². The minimum Gasteiger partial charge on any atom is -0.465 e. The first kappa shape index (κ1) is 28.7.